The van der Waals surface area contributed by atoms with Crippen molar-refractivity contribution in [2.45, 2.75) is 5.92 Å². The Morgan fingerprint density at radius 1 is 0.456 bits per heavy atom. The number of anilines is 2. The molecular weight excluding hydrogens is 699 g/mol. The zero-order valence-electron chi connectivity index (χ0n) is 30.7. The second-order valence-corrected chi connectivity index (χ2v) is 14.7. The molecule has 5 heterocycles. The normalized spacial score (nSPS) is 14.0. The summed E-state index contributed by atoms with van der Waals surface area (Å²) in [5.41, 5.74) is 12.4. The lowest BCUT2D eigenvalue weighted by Crippen LogP contribution is -2.16. The molecule has 1 unspecified atom stereocenters. The zero-order valence-corrected chi connectivity index (χ0v) is 30.7. The molecule has 268 valence electrons. The molecule has 1 atom stereocenters. The van der Waals surface area contributed by atoms with E-state index in [-0.39, 0.29) is 5.92 Å². The number of nitrogens with zero attached hydrogens (tertiary/aromatic N) is 7. The molecule has 12 rings (SSSR count). The van der Waals surface area contributed by atoms with Crippen LogP contribution in [0, 0.1) is 0 Å². The molecule has 4 aromatic heterocycles. The maximum atomic E-state index is 5.50. The van der Waals surface area contributed by atoms with Gasteiger partial charge in [-0.15, -0.1) is 10.2 Å². The Balaban J connectivity index is 1.18. The van der Waals surface area contributed by atoms with E-state index in [1.54, 1.807) is 0 Å². The molecule has 0 spiro atoms. The molecule has 0 N–H and O–H groups in total. The monoisotopic (exact) mass is 731 g/mol. The average Bonchev–Trinajstić information content (AvgIpc) is 3.96. The molecule has 0 aliphatic carbocycles. The Morgan fingerprint density at radius 3 is 1.72 bits per heavy atom. The van der Waals surface area contributed by atoms with Crippen molar-refractivity contribution >= 4 is 66.0 Å². The van der Waals surface area contributed by atoms with Crippen LogP contribution >= 0.6 is 0 Å². The smallest absolute Gasteiger partial charge is 0.201 e. The van der Waals surface area contributed by atoms with Crippen molar-refractivity contribution in [3.05, 3.63) is 193 Å². The van der Waals surface area contributed by atoms with Gasteiger partial charge in [0, 0.05) is 50.9 Å². The van der Waals surface area contributed by atoms with Gasteiger partial charge in [0.1, 0.15) is 22.5 Å². The van der Waals surface area contributed by atoms with Crippen molar-refractivity contribution < 1.29 is 0 Å². The lowest BCUT2D eigenvalue weighted by Gasteiger charge is -2.21. The van der Waals surface area contributed by atoms with Crippen LogP contribution in [0.1, 0.15) is 17.0 Å². The molecule has 0 radical (unpaired) electrons. The summed E-state index contributed by atoms with van der Waals surface area (Å²) >= 11 is 0. The van der Waals surface area contributed by atoms with Crippen molar-refractivity contribution in [1.82, 2.24) is 29.3 Å². The Morgan fingerprint density at radius 2 is 1.04 bits per heavy atom. The van der Waals surface area contributed by atoms with E-state index in [1.165, 1.54) is 21.9 Å². The first-order chi connectivity index (χ1) is 28.3. The lowest BCUT2D eigenvalue weighted by atomic mass is 9.90. The van der Waals surface area contributed by atoms with E-state index in [9.17, 15) is 0 Å². The van der Waals surface area contributed by atoms with Gasteiger partial charge in [0.2, 0.25) is 5.82 Å². The first kappa shape index (κ1) is 31.7. The maximum Gasteiger partial charge on any atom is 0.201 e. The molecule has 57 heavy (non-hydrogen) atoms. The number of benzene rings is 7. The van der Waals surface area contributed by atoms with Gasteiger partial charge in [-0.2, -0.15) is 0 Å². The molecule has 11 aromatic rings. The molecule has 1 aliphatic rings. The van der Waals surface area contributed by atoms with E-state index in [1.807, 2.05) is 12.1 Å². The summed E-state index contributed by atoms with van der Waals surface area (Å²) in [6, 6.07) is 63.9. The molecule has 0 amide bonds. The molecule has 0 saturated carbocycles. The Labute approximate surface area is 327 Å². The van der Waals surface area contributed by atoms with Gasteiger partial charge >= 0.3 is 0 Å². The summed E-state index contributed by atoms with van der Waals surface area (Å²) in [6.07, 6.45) is 0. The summed E-state index contributed by atoms with van der Waals surface area (Å²) < 4.78 is 4.65. The summed E-state index contributed by atoms with van der Waals surface area (Å²) in [6.45, 7) is 0.750. The standard InChI is InChI=1S/C50H33N7/c1-4-17-32(18-5-1)38-31-55(33-19-6-2-7-20-33)49-45(38)48-44(37-25-12-15-29-42(37)56(48)34-21-8-3-9-22-34)46-47(49)53-54-50(52-46)39-26-16-30-43(51-39)57-40-27-13-10-23-35(40)36-24-11-14-28-41(36)57/h1-30,38H,31H2. The fourth-order valence-corrected chi connectivity index (χ4v) is 9.20. The van der Waals surface area contributed by atoms with Crippen LogP contribution in [-0.4, -0.2) is 35.8 Å². The maximum absolute atomic E-state index is 5.50. The van der Waals surface area contributed by atoms with E-state index in [4.69, 9.17) is 20.2 Å². The van der Waals surface area contributed by atoms with Crippen molar-refractivity contribution in [2.24, 2.45) is 0 Å². The summed E-state index contributed by atoms with van der Waals surface area (Å²) in [5, 5.41) is 14.6. The van der Waals surface area contributed by atoms with Gasteiger partial charge < -0.3 is 9.47 Å². The van der Waals surface area contributed by atoms with Gasteiger partial charge in [-0.25, -0.2) is 9.97 Å². The molecule has 0 fully saturated rings. The van der Waals surface area contributed by atoms with Crippen molar-refractivity contribution in [3.63, 3.8) is 0 Å². The summed E-state index contributed by atoms with van der Waals surface area (Å²) in [5.74, 6) is 1.34. The SMILES string of the molecule is c1ccc(C2CN(c3ccccc3)c3c2c2c(c4ccccc4n2-c2ccccc2)c2nc(-c4cccc(-n5c6ccccc6c6ccccc65)n4)nnc32)cc1. The van der Waals surface area contributed by atoms with Gasteiger partial charge in [0.15, 0.2) is 0 Å². The number of hydrogen-bond donors (Lipinski definition) is 0. The van der Waals surface area contributed by atoms with Crippen LogP contribution in [0.15, 0.2) is 182 Å². The number of rotatable bonds is 5. The van der Waals surface area contributed by atoms with E-state index < -0.39 is 0 Å². The summed E-state index contributed by atoms with van der Waals surface area (Å²) in [4.78, 5) is 13.2. The van der Waals surface area contributed by atoms with Crippen LogP contribution in [0.3, 0.4) is 0 Å². The molecular formula is C50H33N7. The van der Waals surface area contributed by atoms with E-state index in [0.717, 1.165) is 73.3 Å². The first-order valence-corrected chi connectivity index (χ1v) is 19.3. The molecule has 7 nitrogen and oxygen atoms in total. The second-order valence-electron chi connectivity index (χ2n) is 14.7. The predicted octanol–water partition coefficient (Wildman–Crippen LogP) is 11.6. The highest BCUT2D eigenvalue weighted by Crippen LogP contribution is 2.53. The van der Waals surface area contributed by atoms with Crippen molar-refractivity contribution in [1.29, 1.82) is 0 Å². The quantitative estimate of drug-likeness (QED) is 0.176. The molecule has 0 saturated heterocycles. The molecule has 1 aliphatic heterocycles. The van der Waals surface area contributed by atoms with Gasteiger partial charge in [-0.3, -0.25) is 4.57 Å². The van der Waals surface area contributed by atoms with E-state index in [2.05, 4.69) is 184 Å². The summed E-state index contributed by atoms with van der Waals surface area (Å²) in [7, 11) is 0. The van der Waals surface area contributed by atoms with Crippen LogP contribution in [0.5, 0.6) is 0 Å². The van der Waals surface area contributed by atoms with E-state index in [0.29, 0.717) is 11.5 Å². The van der Waals surface area contributed by atoms with E-state index >= 15 is 0 Å². The fraction of sp³-hybridized carbons (Fsp3) is 0.0400. The Hall–Kier alpha value is -7.64. The highest BCUT2D eigenvalue weighted by molar-refractivity contribution is 6.24. The highest BCUT2D eigenvalue weighted by atomic mass is 15.2. The third-order valence-electron chi connectivity index (χ3n) is 11.6. The fourth-order valence-electron chi connectivity index (χ4n) is 9.20. The number of fused-ring (bicyclic) bond motifs is 11. The Bertz CT molecular complexity index is 3280. The van der Waals surface area contributed by atoms with Crippen molar-refractivity contribution in [2.75, 3.05) is 11.4 Å². The topological polar surface area (TPSA) is 64.7 Å². The molecule has 0 bridgehead atoms. The van der Waals surface area contributed by atoms with Crippen LogP contribution in [0.2, 0.25) is 0 Å². The van der Waals surface area contributed by atoms with Gasteiger partial charge in [-0.1, -0.05) is 127 Å². The van der Waals surface area contributed by atoms with Gasteiger partial charge in [0.05, 0.1) is 27.8 Å². The minimum absolute atomic E-state index is 0.0612. The van der Waals surface area contributed by atoms with Gasteiger partial charge in [0.25, 0.3) is 0 Å². The first-order valence-electron chi connectivity index (χ1n) is 19.3. The van der Waals surface area contributed by atoms with Crippen LogP contribution in [0.25, 0.3) is 77.7 Å². The highest BCUT2D eigenvalue weighted by Gasteiger charge is 2.38. The average molecular weight is 732 g/mol. The van der Waals surface area contributed by atoms with Crippen LogP contribution < -0.4 is 4.90 Å². The predicted molar refractivity (Wildman–Crippen MR) is 231 cm³/mol. The molecule has 7 heteroatoms. The van der Waals surface area contributed by atoms with Crippen LogP contribution in [0.4, 0.5) is 11.4 Å². The third kappa shape index (κ3) is 4.72. The minimum atomic E-state index is 0.0612. The third-order valence-corrected chi connectivity index (χ3v) is 11.6. The largest absolute Gasteiger partial charge is 0.338 e. The van der Waals surface area contributed by atoms with Crippen molar-refractivity contribution in [3.8, 4) is 23.0 Å². The molecule has 7 aromatic carbocycles. The second kappa shape index (κ2) is 12.4. The zero-order chi connectivity index (χ0) is 37.5. The number of para-hydroxylation sites is 5. The minimum Gasteiger partial charge on any atom is -0.338 e. The lowest BCUT2D eigenvalue weighted by molar-refractivity contribution is 0.860. The number of pyridine rings is 1. The number of hydrogen-bond acceptors (Lipinski definition) is 5. The number of aromatic nitrogens is 6. The Kier molecular flexibility index (Phi) is 6.92. The van der Waals surface area contributed by atoms with Gasteiger partial charge in [-0.05, 0) is 60.2 Å². The van der Waals surface area contributed by atoms with Crippen LogP contribution in [-0.2, 0) is 0 Å².